The maximum atomic E-state index is 13.6. The van der Waals surface area contributed by atoms with Gasteiger partial charge in [-0.15, -0.1) is 0 Å². The Kier molecular flexibility index (Phi) is 7.53. The number of carbonyl (C=O) groups is 1. The Labute approximate surface area is 182 Å². The van der Waals surface area contributed by atoms with Gasteiger partial charge in [-0.2, -0.15) is 0 Å². The first-order valence-electron chi connectivity index (χ1n) is 9.79. The van der Waals surface area contributed by atoms with E-state index >= 15 is 0 Å². The highest BCUT2D eigenvalue weighted by Crippen LogP contribution is 2.23. The Morgan fingerprint density at radius 3 is 2.48 bits per heavy atom. The highest BCUT2D eigenvalue weighted by molar-refractivity contribution is 6.30. The fourth-order valence-electron chi connectivity index (χ4n) is 3.05. The molecule has 2 atom stereocenters. The van der Waals surface area contributed by atoms with E-state index in [1.165, 1.54) is 12.1 Å². The highest BCUT2D eigenvalue weighted by Gasteiger charge is 2.21. The van der Waals surface area contributed by atoms with Crippen molar-refractivity contribution < 1.29 is 18.0 Å². The number of guanidine groups is 1. The van der Waals surface area contributed by atoms with Crippen molar-refractivity contribution in [3.05, 3.63) is 70.0 Å². The summed E-state index contributed by atoms with van der Waals surface area (Å²) in [6.45, 7) is 0. The standard InChI is InChI=1S/C21H23ClF3N5O/c22-13-6-12(7-14(23)9-13)18(26)10-19(27)29-21(28-15-2-1-3-15)30-20(31)11-4-5-16(24)17(25)8-11/h4-9,15,18-19H,1-3,10,26-27H2,(H2,28,29,30,31). The molecule has 1 saturated carbocycles. The molecule has 3 rings (SSSR count). The van der Waals surface area contributed by atoms with Crippen molar-refractivity contribution >= 4 is 23.5 Å². The molecule has 0 heterocycles. The summed E-state index contributed by atoms with van der Waals surface area (Å²) in [6.07, 6.45) is 2.20. The average Bonchev–Trinajstić information content (AvgIpc) is 2.65. The zero-order valence-corrected chi connectivity index (χ0v) is 17.3. The van der Waals surface area contributed by atoms with E-state index in [-0.39, 0.29) is 29.0 Å². The van der Waals surface area contributed by atoms with Gasteiger partial charge in [-0.3, -0.25) is 10.1 Å². The van der Waals surface area contributed by atoms with Crippen molar-refractivity contribution in [2.75, 3.05) is 0 Å². The second-order valence-electron chi connectivity index (χ2n) is 7.44. The summed E-state index contributed by atoms with van der Waals surface area (Å²) in [4.78, 5) is 16.9. The van der Waals surface area contributed by atoms with Crippen molar-refractivity contribution in [2.24, 2.45) is 16.5 Å². The second-order valence-corrected chi connectivity index (χ2v) is 7.88. The van der Waals surface area contributed by atoms with Crippen molar-refractivity contribution in [3.63, 3.8) is 0 Å². The van der Waals surface area contributed by atoms with Gasteiger partial charge in [0, 0.05) is 16.6 Å². The molecule has 6 N–H and O–H groups in total. The van der Waals surface area contributed by atoms with Crippen LogP contribution in [-0.4, -0.2) is 24.1 Å². The lowest BCUT2D eigenvalue weighted by Crippen LogP contribution is -2.51. The third-order valence-corrected chi connectivity index (χ3v) is 5.16. The van der Waals surface area contributed by atoms with Gasteiger partial charge in [0.25, 0.3) is 5.91 Å². The summed E-state index contributed by atoms with van der Waals surface area (Å²) in [5, 5.41) is 5.66. The summed E-state index contributed by atoms with van der Waals surface area (Å²) >= 11 is 5.87. The molecule has 1 fully saturated rings. The third kappa shape index (κ3) is 6.43. The number of hydrogen-bond donors (Lipinski definition) is 4. The lowest BCUT2D eigenvalue weighted by molar-refractivity contribution is 0.0974. The summed E-state index contributed by atoms with van der Waals surface area (Å²) in [5.41, 5.74) is 12.7. The molecule has 2 aromatic carbocycles. The Morgan fingerprint density at radius 2 is 1.87 bits per heavy atom. The molecule has 0 spiro atoms. The number of benzene rings is 2. The van der Waals surface area contributed by atoms with Crippen LogP contribution in [0.2, 0.25) is 5.02 Å². The van der Waals surface area contributed by atoms with E-state index in [2.05, 4.69) is 15.6 Å². The van der Waals surface area contributed by atoms with Crippen LogP contribution in [0.1, 0.15) is 47.6 Å². The molecular formula is C21H23ClF3N5O. The molecule has 1 aliphatic rings. The maximum Gasteiger partial charge on any atom is 0.258 e. The van der Waals surface area contributed by atoms with E-state index in [4.69, 9.17) is 23.1 Å². The topological polar surface area (TPSA) is 106 Å². The minimum Gasteiger partial charge on any atom is -0.341 e. The van der Waals surface area contributed by atoms with Crippen LogP contribution in [0.3, 0.4) is 0 Å². The minimum atomic E-state index is -1.13. The number of nitrogens with one attached hydrogen (secondary N) is 2. The van der Waals surface area contributed by atoms with Gasteiger partial charge < -0.3 is 16.8 Å². The molecule has 0 saturated heterocycles. The molecule has 1 aliphatic carbocycles. The highest BCUT2D eigenvalue weighted by atomic mass is 35.5. The molecule has 31 heavy (non-hydrogen) atoms. The van der Waals surface area contributed by atoms with E-state index in [0.29, 0.717) is 5.56 Å². The number of nitrogens with zero attached hydrogens (tertiary/aromatic N) is 1. The maximum absolute atomic E-state index is 13.6. The Morgan fingerprint density at radius 1 is 1.13 bits per heavy atom. The van der Waals surface area contributed by atoms with E-state index in [9.17, 15) is 18.0 Å². The van der Waals surface area contributed by atoms with Crippen LogP contribution in [0.15, 0.2) is 41.4 Å². The number of rotatable bonds is 6. The molecule has 10 heteroatoms. The molecule has 2 unspecified atom stereocenters. The van der Waals surface area contributed by atoms with Gasteiger partial charge in [-0.25, -0.2) is 18.2 Å². The van der Waals surface area contributed by atoms with Gasteiger partial charge in [0.05, 0.1) is 12.2 Å². The predicted molar refractivity (Wildman–Crippen MR) is 113 cm³/mol. The molecule has 0 bridgehead atoms. The zero-order chi connectivity index (χ0) is 22.5. The second kappa shape index (κ2) is 10.1. The summed E-state index contributed by atoms with van der Waals surface area (Å²) in [7, 11) is 0. The zero-order valence-electron chi connectivity index (χ0n) is 16.5. The van der Waals surface area contributed by atoms with Crippen molar-refractivity contribution in [2.45, 2.75) is 43.9 Å². The van der Waals surface area contributed by atoms with Crippen LogP contribution < -0.4 is 22.1 Å². The molecule has 0 aromatic heterocycles. The normalized spacial score (nSPS) is 16.4. The predicted octanol–water partition coefficient (Wildman–Crippen LogP) is 3.36. The van der Waals surface area contributed by atoms with Crippen molar-refractivity contribution in [1.29, 1.82) is 0 Å². The van der Waals surface area contributed by atoms with Gasteiger partial charge in [-0.05, 0) is 67.6 Å². The number of nitrogens with two attached hydrogens (primary N) is 2. The van der Waals surface area contributed by atoms with Crippen LogP contribution >= 0.6 is 11.6 Å². The fourth-order valence-corrected chi connectivity index (χ4v) is 3.28. The molecule has 1 amide bonds. The molecule has 0 radical (unpaired) electrons. The van der Waals surface area contributed by atoms with E-state index in [0.717, 1.165) is 37.5 Å². The molecule has 0 aliphatic heterocycles. The number of aliphatic imine (C=N–C) groups is 1. The van der Waals surface area contributed by atoms with E-state index < -0.39 is 35.6 Å². The Balaban J connectivity index is 1.68. The van der Waals surface area contributed by atoms with Crippen LogP contribution in [0, 0.1) is 17.5 Å². The smallest absolute Gasteiger partial charge is 0.258 e. The molecule has 166 valence electrons. The monoisotopic (exact) mass is 453 g/mol. The lowest BCUT2D eigenvalue weighted by Gasteiger charge is -2.25. The number of halogens is 4. The minimum absolute atomic E-state index is 0.0238. The van der Waals surface area contributed by atoms with Crippen molar-refractivity contribution in [3.8, 4) is 0 Å². The molecule has 6 nitrogen and oxygen atoms in total. The fraction of sp³-hybridized carbons (Fsp3) is 0.333. The Hall–Kier alpha value is -2.62. The van der Waals surface area contributed by atoms with Crippen molar-refractivity contribution in [1.82, 2.24) is 10.6 Å². The van der Waals surface area contributed by atoms with Gasteiger partial charge in [0.2, 0.25) is 0 Å². The number of carbonyl (C=O) groups excluding carboxylic acids is 1. The van der Waals surface area contributed by atoms with E-state index in [1.54, 1.807) is 6.07 Å². The van der Waals surface area contributed by atoms with E-state index in [1.807, 2.05) is 0 Å². The third-order valence-electron chi connectivity index (χ3n) is 4.94. The summed E-state index contributed by atoms with van der Waals surface area (Å²) in [6, 6.07) is 6.24. The Bertz CT molecular complexity index is 963. The van der Waals surface area contributed by atoms with Crippen LogP contribution in [0.4, 0.5) is 13.2 Å². The number of amides is 1. The summed E-state index contributed by atoms with van der Waals surface area (Å²) in [5.74, 6) is -3.25. The van der Waals surface area contributed by atoms with Crippen LogP contribution in [0.25, 0.3) is 0 Å². The van der Waals surface area contributed by atoms with Gasteiger partial charge in [0.15, 0.2) is 17.6 Å². The van der Waals surface area contributed by atoms with Gasteiger partial charge in [0.1, 0.15) is 5.82 Å². The number of hydrogen-bond acceptors (Lipinski definition) is 4. The molecular weight excluding hydrogens is 431 g/mol. The van der Waals surface area contributed by atoms with Crippen LogP contribution in [0.5, 0.6) is 0 Å². The first-order valence-corrected chi connectivity index (χ1v) is 10.2. The quantitative estimate of drug-likeness (QED) is 0.306. The van der Waals surface area contributed by atoms with Gasteiger partial charge >= 0.3 is 0 Å². The first-order chi connectivity index (χ1) is 14.7. The van der Waals surface area contributed by atoms with Gasteiger partial charge in [-0.1, -0.05) is 11.6 Å². The average molecular weight is 454 g/mol. The largest absolute Gasteiger partial charge is 0.341 e. The summed E-state index contributed by atoms with van der Waals surface area (Å²) < 4.78 is 40.2. The first kappa shape index (κ1) is 23.1. The van der Waals surface area contributed by atoms with Crippen LogP contribution in [-0.2, 0) is 0 Å². The lowest BCUT2D eigenvalue weighted by atomic mass is 9.94. The SMILES string of the molecule is NC(CC(N)c1cc(F)cc(Cl)c1)NC(=NC1CCC1)NC(=O)c1ccc(F)c(F)c1. The molecule has 2 aromatic rings.